The lowest BCUT2D eigenvalue weighted by Gasteiger charge is -2.19. The smallest absolute Gasteiger partial charge is 0.268 e. The van der Waals surface area contributed by atoms with Gasteiger partial charge in [0.2, 0.25) is 0 Å². The van der Waals surface area contributed by atoms with Crippen LogP contribution >= 0.6 is 0 Å². The quantitative estimate of drug-likeness (QED) is 0.459. The van der Waals surface area contributed by atoms with Crippen LogP contribution in [0.4, 0.5) is 0 Å². The van der Waals surface area contributed by atoms with E-state index < -0.39 is 24.0 Å². The highest BCUT2D eigenvalue weighted by atomic mass is 16.5. The largest absolute Gasteiger partial charge is 0.391 e. The number of carbonyl (C=O) groups excluding carboxylic acids is 2. The second kappa shape index (κ2) is 7.41. The molecule has 0 fully saturated rings. The molecule has 2 atom stereocenters. The van der Waals surface area contributed by atoms with Crippen molar-refractivity contribution in [3.63, 3.8) is 0 Å². The van der Waals surface area contributed by atoms with Gasteiger partial charge in [0.05, 0.1) is 6.10 Å². The molecule has 0 heterocycles. The molecular weight excluding hydrogens is 236 g/mol. The number of hydrogen-bond donors (Lipinski definition) is 4. The number of aliphatic hydroxyl groups is 1. The predicted molar refractivity (Wildman–Crippen MR) is 66.0 cm³/mol. The van der Waals surface area contributed by atoms with Gasteiger partial charge in [-0.3, -0.25) is 14.8 Å². The van der Waals surface area contributed by atoms with Crippen molar-refractivity contribution in [2.75, 3.05) is 0 Å². The molecule has 0 bridgehead atoms. The van der Waals surface area contributed by atoms with E-state index in [1.807, 2.05) is 0 Å². The number of benzene rings is 1. The summed E-state index contributed by atoms with van der Waals surface area (Å²) in [7, 11) is 0. The second-order valence-electron chi connectivity index (χ2n) is 3.53. The molecule has 1 rings (SSSR count). The molecule has 1 aromatic rings. The Balaban J connectivity index is 0.00000289. The van der Waals surface area contributed by atoms with Gasteiger partial charge in [0.25, 0.3) is 11.8 Å². The first kappa shape index (κ1) is 16.1. The van der Waals surface area contributed by atoms with Gasteiger partial charge in [-0.05, 0) is 19.1 Å². The highest BCUT2D eigenvalue weighted by molar-refractivity contribution is 5.97. The summed E-state index contributed by atoms with van der Waals surface area (Å²) in [5.74, 6) is -1.37. The van der Waals surface area contributed by atoms with Gasteiger partial charge in [-0.2, -0.15) is 0 Å². The molecular formula is C12H18N2O4. The summed E-state index contributed by atoms with van der Waals surface area (Å²) in [5.41, 5.74) is 1.75. The van der Waals surface area contributed by atoms with Crippen LogP contribution in [0.3, 0.4) is 0 Å². The Kier molecular flexibility index (Phi) is 6.62. The van der Waals surface area contributed by atoms with Gasteiger partial charge in [-0.15, -0.1) is 0 Å². The van der Waals surface area contributed by atoms with Crippen LogP contribution in [-0.2, 0) is 4.79 Å². The third kappa shape index (κ3) is 4.15. The van der Waals surface area contributed by atoms with E-state index in [0.717, 1.165) is 0 Å². The van der Waals surface area contributed by atoms with E-state index in [1.54, 1.807) is 30.3 Å². The Morgan fingerprint density at radius 1 is 1.22 bits per heavy atom. The van der Waals surface area contributed by atoms with Gasteiger partial charge in [0.15, 0.2) is 0 Å². The summed E-state index contributed by atoms with van der Waals surface area (Å²) in [6.07, 6.45) is -1.12. The number of nitrogens with one attached hydrogen (secondary N) is 2. The minimum absolute atomic E-state index is 0. The third-order valence-corrected chi connectivity index (χ3v) is 2.20. The van der Waals surface area contributed by atoms with Crippen molar-refractivity contribution in [2.24, 2.45) is 0 Å². The third-order valence-electron chi connectivity index (χ3n) is 2.20. The zero-order chi connectivity index (χ0) is 12.8. The maximum atomic E-state index is 11.7. The van der Waals surface area contributed by atoms with Crippen LogP contribution in [0.2, 0.25) is 0 Å². The summed E-state index contributed by atoms with van der Waals surface area (Å²) < 4.78 is 0. The minimum atomic E-state index is -1.20. The second-order valence-corrected chi connectivity index (χ2v) is 3.53. The summed E-state index contributed by atoms with van der Waals surface area (Å²) in [6.45, 7) is 1.34. The average molecular weight is 254 g/mol. The fraction of sp³-hybridized carbons (Fsp3) is 0.333. The number of hydroxylamine groups is 1. The molecule has 0 unspecified atom stereocenters. The summed E-state index contributed by atoms with van der Waals surface area (Å²) in [5, 5.41) is 20.1. The van der Waals surface area contributed by atoms with Crippen molar-refractivity contribution in [2.45, 2.75) is 26.5 Å². The van der Waals surface area contributed by atoms with Crippen molar-refractivity contribution in [1.29, 1.82) is 0 Å². The van der Waals surface area contributed by atoms with Crippen molar-refractivity contribution < 1.29 is 19.9 Å². The lowest BCUT2D eigenvalue weighted by atomic mass is 10.1. The van der Waals surface area contributed by atoms with Gasteiger partial charge in [0.1, 0.15) is 6.04 Å². The van der Waals surface area contributed by atoms with Crippen LogP contribution in [0.25, 0.3) is 0 Å². The first-order chi connectivity index (χ1) is 8.06. The molecule has 6 heteroatoms. The van der Waals surface area contributed by atoms with E-state index in [4.69, 9.17) is 5.21 Å². The molecule has 18 heavy (non-hydrogen) atoms. The molecule has 6 nitrogen and oxygen atoms in total. The predicted octanol–water partition coefficient (Wildman–Crippen LogP) is 0.307. The number of carbonyl (C=O) groups is 2. The lowest BCUT2D eigenvalue weighted by molar-refractivity contribution is -0.133. The highest BCUT2D eigenvalue weighted by Gasteiger charge is 2.25. The first-order valence-electron chi connectivity index (χ1n) is 5.04. The van der Waals surface area contributed by atoms with E-state index in [-0.39, 0.29) is 7.43 Å². The molecule has 2 amide bonds. The summed E-state index contributed by atoms with van der Waals surface area (Å²) in [6, 6.07) is 7.06. The van der Waals surface area contributed by atoms with Crippen LogP contribution in [0.5, 0.6) is 0 Å². The normalized spacial score (nSPS) is 12.8. The Labute approximate surface area is 106 Å². The minimum Gasteiger partial charge on any atom is -0.391 e. The molecule has 0 radical (unpaired) electrons. The fourth-order valence-electron chi connectivity index (χ4n) is 1.29. The Morgan fingerprint density at radius 2 is 1.78 bits per heavy atom. The van der Waals surface area contributed by atoms with E-state index in [9.17, 15) is 14.7 Å². The van der Waals surface area contributed by atoms with Crippen LogP contribution in [0.15, 0.2) is 30.3 Å². The van der Waals surface area contributed by atoms with Crippen LogP contribution < -0.4 is 10.8 Å². The molecule has 0 aliphatic carbocycles. The maximum absolute atomic E-state index is 11.7. The van der Waals surface area contributed by atoms with Crippen molar-refractivity contribution in [1.82, 2.24) is 10.8 Å². The van der Waals surface area contributed by atoms with Gasteiger partial charge < -0.3 is 10.4 Å². The SMILES string of the molecule is C.C[C@@H](O)[C@H](NC(=O)c1ccccc1)C(=O)NO. The number of amides is 2. The maximum Gasteiger partial charge on any atom is 0.268 e. The Bertz CT molecular complexity index is 392. The van der Waals surface area contributed by atoms with Crippen molar-refractivity contribution >= 4 is 11.8 Å². The van der Waals surface area contributed by atoms with Crippen LogP contribution in [-0.4, -0.2) is 34.3 Å². The van der Waals surface area contributed by atoms with Gasteiger partial charge in [-0.25, -0.2) is 5.48 Å². The van der Waals surface area contributed by atoms with Crippen molar-refractivity contribution in [3.8, 4) is 0 Å². The standard InChI is InChI=1S/C11H14N2O4.CH4/c1-7(14)9(11(16)13-17)12-10(15)8-5-3-2-4-6-8;/h2-7,9,14,17H,1H3,(H,12,15)(H,13,16);1H4/t7-,9+;/m1./s1. The molecule has 0 saturated heterocycles. The highest BCUT2D eigenvalue weighted by Crippen LogP contribution is 2.01. The zero-order valence-corrected chi connectivity index (χ0v) is 9.25. The van der Waals surface area contributed by atoms with Gasteiger partial charge >= 0.3 is 0 Å². The van der Waals surface area contributed by atoms with E-state index in [1.165, 1.54) is 12.4 Å². The molecule has 0 aromatic heterocycles. The number of rotatable bonds is 4. The molecule has 0 spiro atoms. The lowest BCUT2D eigenvalue weighted by Crippen LogP contribution is -2.51. The number of hydrogen-bond acceptors (Lipinski definition) is 4. The average Bonchev–Trinajstić information content (AvgIpc) is 2.35. The zero-order valence-electron chi connectivity index (χ0n) is 9.25. The summed E-state index contributed by atoms with van der Waals surface area (Å²) >= 11 is 0. The van der Waals surface area contributed by atoms with Crippen molar-refractivity contribution in [3.05, 3.63) is 35.9 Å². The van der Waals surface area contributed by atoms with Crippen LogP contribution in [0.1, 0.15) is 24.7 Å². The van der Waals surface area contributed by atoms with Crippen LogP contribution in [0, 0.1) is 0 Å². The van der Waals surface area contributed by atoms with Gasteiger partial charge in [0, 0.05) is 5.56 Å². The summed E-state index contributed by atoms with van der Waals surface area (Å²) in [4.78, 5) is 22.9. The van der Waals surface area contributed by atoms with E-state index in [2.05, 4.69) is 5.32 Å². The Hall–Kier alpha value is -1.92. The Morgan fingerprint density at radius 3 is 2.22 bits per heavy atom. The molecule has 0 aliphatic rings. The molecule has 1 aromatic carbocycles. The molecule has 0 aliphatic heterocycles. The monoisotopic (exact) mass is 254 g/mol. The number of aliphatic hydroxyl groups excluding tert-OH is 1. The van der Waals surface area contributed by atoms with E-state index >= 15 is 0 Å². The topological polar surface area (TPSA) is 98.7 Å². The van der Waals surface area contributed by atoms with Gasteiger partial charge in [-0.1, -0.05) is 25.6 Å². The molecule has 0 saturated carbocycles. The van der Waals surface area contributed by atoms with E-state index in [0.29, 0.717) is 5.56 Å². The molecule has 4 N–H and O–H groups in total. The molecule has 100 valence electrons. The first-order valence-corrected chi connectivity index (χ1v) is 5.04. The fourth-order valence-corrected chi connectivity index (χ4v) is 1.29.